The molecule has 1 aliphatic heterocycles. The molecule has 28 heavy (non-hydrogen) atoms. The Bertz CT molecular complexity index is 653. The number of halogens is 2. The summed E-state index contributed by atoms with van der Waals surface area (Å²) in [7, 11) is 2.03. The van der Waals surface area contributed by atoms with E-state index in [4.69, 9.17) is 0 Å². The first-order chi connectivity index (χ1) is 13.1. The fraction of sp³-hybridized carbons (Fsp3) is 0.696. The van der Waals surface area contributed by atoms with Crippen molar-refractivity contribution in [3.05, 3.63) is 35.6 Å². The minimum absolute atomic E-state index is 0. The zero-order valence-electron chi connectivity index (χ0n) is 17.0. The lowest BCUT2D eigenvalue weighted by molar-refractivity contribution is -0.140. The summed E-state index contributed by atoms with van der Waals surface area (Å²) in [5, 5.41) is 0. The van der Waals surface area contributed by atoms with Crippen molar-refractivity contribution in [1.29, 1.82) is 0 Å². The van der Waals surface area contributed by atoms with Crippen LogP contribution >= 0.6 is 12.4 Å². The standard InChI is InChI=1S/C23H33FN2O.ClH/c1-25(20-8-2-3-9-21(20)26-16-6-7-17-26)22(27)23(14-4-5-15-23)18-10-12-19(24)13-11-18;/h10-13,20-21H,2-9,14-17H2,1H3;1H. The van der Waals surface area contributed by atoms with E-state index < -0.39 is 5.41 Å². The van der Waals surface area contributed by atoms with Gasteiger partial charge in [-0.05, 0) is 69.3 Å². The normalized spacial score (nSPS) is 27.4. The first-order valence-electron chi connectivity index (χ1n) is 10.9. The second-order valence-corrected chi connectivity index (χ2v) is 8.87. The summed E-state index contributed by atoms with van der Waals surface area (Å²) in [6.07, 6.45) is 11.4. The molecule has 156 valence electrons. The number of hydrogen-bond acceptors (Lipinski definition) is 2. The first kappa shape index (κ1) is 21.6. The Morgan fingerprint density at radius 3 is 2.25 bits per heavy atom. The van der Waals surface area contributed by atoms with Crippen LogP contribution in [-0.2, 0) is 10.2 Å². The van der Waals surface area contributed by atoms with E-state index in [1.165, 1.54) is 57.3 Å². The Hall–Kier alpha value is -1.13. The molecule has 1 heterocycles. The number of likely N-dealkylation sites (N-methyl/N-ethyl adjacent to an activating group) is 1. The van der Waals surface area contributed by atoms with E-state index >= 15 is 0 Å². The Kier molecular flexibility index (Phi) is 7.03. The zero-order chi connectivity index (χ0) is 18.9. The van der Waals surface area contributed by atoms with Crippen LogP contribution in [0.5, 0.6) is 0 Å². The molecule has 3 fully saturated rings. The lowest BCUT2D eigenvalue weighted by Crippen LogP contribution is -2.56. The van der Waals surface area contributed by atoms with Crippen LogP contribution in [0.25, 0.3) is 0 Å². The van der Waals surface area contributed by atoms with Crippen molar-refractivity contribution in [3.63, 3.8) is 0 Å². The minimum atomic E-state index is -0.449. The van der Waals surface area contributed by atoms with E-state index in [1.54, 1.807) is 0 Å². The van der Waals surface area contributed by atoms with Crippen LogP contribution in [0.3, 0.4) is 0 Å². The summed E-state index contributed by atoms with van der Waals surface area (Å²) >= 11 is 0. The van der Waals surface area contributed by atoms with Crippen molar-refractivity contribution in [3.8, 4) is 0 Å². The molecule has 2 aliphatic carbocycles. The molecule has 0 radical (unpaired) electrons. The summed E-state index contributed by atoms with van der Waals surface area (Å²) in [6.45, 7) is 2.37. The molecule has 3 aliphatic rings. The Morgan fingerprint density at radius 1 is 1.00 bits per heavy atom. The third-order valence-electron chi connectivity index (χ3n) is 7.38. The van der Waals surface area contributed by atoms with E-state index in [-0.39, 0.29) is 24.1 Å². The van der Waals surface area contributed by atoms with E-state index in [2.05, 4.69) is 9.80 Å². The number of hydrogen-bond donors (Lipinski definition) is 0. The van der Waals surface area contributed by atoms with Crippen molar-refractivity contribution in [2.45, 2.75) is 81.7 Å². The van der Waals surface area contributed by atoms with Gasteiger partial charge in [-0.15, -0.1) is 12.4 Å². The number of carbonyl (C=O) groups excluding carboxylic acids is 1. The molecule has 2 unspecified atom stereocenters. The predicted octanol–water partition coefficient (Wildman–Crippen LogP) is 4.92. The molecule has 1 amide bonds. The zero-order valence-corrected chi connectivity index (χ0v) is 17.9. The topological polar surface area (TPSA) is 23.6 Å². The van der Waals surface area contributed by atoms with Gasteiger partial charge in [0.25, 0.3) is 0 Å². The maximum Gasteiger partial charge on any atom is 0.233 e. The van der Waals surface area contributed by atoms with E-state index in [0.717, 1.165) is 37.7 Å². The third-order valence-corrected chi connectivity index (χ3v) is 7.38. The minimum Gasteiger partial charge on any atom is -0.340 e. The highest BCUT2D eigenvalue weighted by atomic mass is 35.5. The van der Waals surface area contributed by atoms with Crippen molar-refractivity contribution in [1.82, 2.24) is 9.80 Å². The highest BCUT2D eigenvalue weighted by Crippen LogP contribution is 2.43. The van der Waals surface area contributed by atoms with E-state index in [0.29, 0.717) is 12.1 Å². The lowest BCUT2D eigenvalue weighted by atomic mass is 9.76. The van der Waals surface area contributed by atoms with Crippen molar-refractivity contribution < 1.29 is 9.18 Å². The fourth-order valence-corrected chi connectivity index (χ4v) is 5.90. The fourth-order valence-electron chi connectivity index (χ4n) is 5.90. The molecule has 0 aromatic heterocycles. The second-order valence-electron chi connectivity index (χ2n) is 8.87. The number of rotatable bonds is 4. The largest absolute Gasteiger partial charge is 0.340 e. The van der Waals surface area contributed by atoms with Gasteiger partial charge in [0.1, 0.15) is 5.82 Å². The Morgan fingerprint density at radius 2 is 1.61 bits per heavy atom. The van der Waals surface area contributed by atoms with Crippen molar-refractivity contribution >= 4 is 18.3 Å². The maximum atomic E-state index is 13.8. The lowest BCUT2D eigenvalue weighted by Gasteiger charge is -2.45. The average Bonchev–Trinajstić information content (AvgIpc) is 3.40. The summed E-state index contributed by atoms with van der Waals surface area (Å²) < 4.78 is 13.5. The summed E-state index contributed by atoms with van der Waals surface area (Å²) in [5.41, 5.74) is 0.557. The smallest absolute Gasteiger partial charge is 0.233 e. The Balaban J connectivity index is 0.00000225. The van der Waals surface area contributed by atoms with Crippen LogP contribution in [-0.4, -0.2) is 47.9 Å². The second kappa shape index (κ2) is 9.13. The molecule has 1 aromatic carbocycles. The maximum absolute atomic E-state index is 13.8. The first-order valence-corrected chi connectivity index (χ1v) is 10.9. The number of carbonyl (C=O) groups is 1. The van der Waals surface area contributed by atoms with E-state index in [9.17, 15) is 9.18 Å². The summed E-state index contributed by atoms with van der Waals surface area (Å²) in [6, 6.07) is 7.53. The molecule has 0 bridgehead atoms. The van der Waals surface area contributed by atoms with Crippen LogP contribution in [0.15, 0.2) is 24.3 Å². The van der Waals surface area contributed by atoms with Gasteiger partial charge < -0.3 is 4.90 Å². The van der Waals surface area contributed by atoms with Crippen LogP contribution in [0, 0.1) is 5.82 Å². The van der Waals surface area contributed by atoms with Gasteiger partial charge in [0, 0.05) is 19.1 Å². The molecular formula is C23H34ClFN2O. The molecular weight excluding hydrogens is 375 g/mol. The number of likely N-dealkylation sites (tertiary alicyclic amines) is 1. The highest BCUT2D eigenvalue weighted by Gasteiger charge is 2.47. The van der Waals surface area contributed by atoms with Gasteiger partial charge in [-0.25, -0.2) is 4.39 Å². The third kappa shape index (κ3) is 3.95. The molecule has 0 N–H and O–H groups in total. The van der Waals surface area contributed by atoms with Gasteiger partial charge >= 0.3 is 0 Å². The molecule has 1 aromatic rings. The van der Waals surface area contributed by atoms with Gasteiger partial charge in [0.15, 0.2) is 0 Å². The molecule has 2 atom stereocenters. The summed E-state index contributed by atoms with van der Waals surface area (Å²) in [4.78, 5) is 18.6. The van der Waals surface area contributed by atoms with Crippen LogP contribution in [0.2, 0.25) is 0 Å². The van der Waals surface area contributed by atoms with Crippen molar-refractivity contribution in [2.24, 2.45) is 0 Å². The number of benzene rings is 1. The number of amides is 1. The molecule has 2 saturated carbocycles. The molecule has 0 spiro atoms. The molecule has 5 heteroatoms. The Labute approximate surface area is 175 Å². The van der Waals surface area contributed by atoms with Gasteiger partial charge in [0.05, 0.1) is 5.41 Å². The monoisotopic (exact) mass is 408 g/mol. The number of nitrogens with zero attached hydrogens (tertiary/aromatic N) is 2. The highest BCUT2D eigenvalue weighted by molar-refractivity contribution is 5.88. The van der Waals surface area contributed by atoms with Crippen LogP contribution in [0.4, 0.5) is 4.39 Å². The molecule has 4 rings (SSSR count). The average molecular weight is 409 g/mol. The van der Waals surface area contributed by atoms with Gasteiger partial charge in [0.2, 0.25) is 5.91 Å². The van der Waals surface area contributed by atoms with Gasteiger partial charge in [-0.1, -0.05) is 37.8 Å². The SMILES string of the molecule is CN(C(=O)C1(c2ccc(F)cc2)CCCC1)C1CCCCC1N1CCCC1.Cl. The van der Waals surface area contributed by atoms with Crippen LogP contribution < -0.4 is 0 Å². The van der Waals surface area contributed by atoms with E-state index in [1.807, 2.05) is 19.2 Å². The van der Waals surface area contributed by atoms with Crippen molar-refractivity contribution in [2.75, 3.05) is 20.1 Å². The molecule has 1 saturated heterocycles. The quantitative estimate of drug-likeness (QED) is 0.705. The molecule has 3 nitrogen and oxygen atoms in total. The van der Waals surface area contributed by atoms with Gasteiger partial charge in [-0.2, -0.15) is 0 Å². The summed E-state index contributed by atoms with van der Waals surface area (Å²) in [5.74, 6) is 0.0387. The van der Waals surface area contributed by atoms with Crippen LogP contribution in [0.1, 0.15) is 69.8 Å². The predicted molar refractivity (Wildman–Crippen MR) is 113 cm³/mol. The van der Waals surface area contributed by atoms with Gasteiger partial charge in [-0.3, -0.25) is 9.69 Å².